The summed E-state index contributed by atoms with van der Waals surface area (Å²) in [7, 11) is 0. The van der Waals surface area contributed by atoms with Gasteiger partial charge in [-0.25, -0.2) is 4.79 Å². The van der Waals surface area contributed by atoms with Gasteiger partial charge in [0.2, 0.25) is 0 Å². The second-order valence-electron chi connectivity index (χ2n) is 12.5. The maximum atomic E-state index is 13.0. The van der Waals surface area contributed by atoms with Crippen LogP contribution < -0.4 is 0 Å². The van der Waals surface area contributed by atoms with Crippen LogP contribution in [0.5, 0.6) is 0 Å². The standard InChI is InChI=1S/C28H38O9/c1-14(29)34-20-13-22(36-16(3)31)27(7)17-9-10-26(6)19(12-23(32)37-24(26)33)28(17,8)21(35-15(2)30)11-18(27)25(20,4)5/h12,17-18,20-22H,9-11,13H2,1-8H3/t17-,18+,20-,21-,22+,26-,27+,28+/m0/s1. The highest BCUT2D eigenvalue weighted by atomic mass is 16.6. The minimum absolute atomic E-state index is 0.180. The monoisotopic (exact) mass is 518 g/mol. The minimum Gasteiger partial charge on any atom is -0.462 e. The van der Waals surface area contributed by atoms with Crippen molar-refractivity contribution in [1.82, 2.24) is 0 Å². The van der Waals surface area contributed by atoms with E-state index in [4.69, 9.17) is 18.9 Å². The van der Waals surface area contributed by atoms with Crippen molar-refractivity contribution in [1.29, 1.82) is 0 Å². The van der Waals surface area contributed by atoms with E-state index >= 15 is 0 Å². The van der Waals surface area contributed by atoms with E-state index in [2.05, 4.69) is 6.92 Å². The molecule has 8 atom stereocenters. The largest absolute Gasteiger partial charge is 0.462 e. The van der Waals surface area contributed by atoms with Gasteiger partial charge < -0.3 is 18.9 Å². The Morgan fingerprint density at radius 1 is 0.811 bits per heavy atom. The first kappa shape index (κ1) is 27.3. The molecule has 1 heterocycles. The second kappa shape index (κ2) is 8.67. The molecule has 0 aromatic rings. The third-order valence-corrected chi connectivity index (χ3v) is 10.1. The summed E-state index contributed by atoms with van der Waals surface area (Å²) in [5.41, 5.74) is -2.52. The lowest BCUT2D eigenvalue weighted by Gasteiger charge is -2.69. The molecule has 3 aliphatic carbocycles. The second-order valence-corrected chi connectivity index (χ2v) is 12.5. The van der Waals surface area contributed by atoms with Crippen LogP contribution in [-0.2, 0) is 42.9 Å². The van der Waals surface area contributed by atoms with Crippen LogP contribution in [-0.4, -0.2) is 48.2 Å². The summed E-state index contributed by atoms with van der Waals surface area (Å²) >= 11 is 0. The molecular formula is C28H38O9. The molecule has 1 aliphatic heterocycles. The number of hydrogen-bond acceptors (Lipinski definition) is 9. The summed E-state index contributed by atoms with van der Waals surface area (Å²) in [4.78, 5) is 62.2. The lowest BCUT2D eigenvalue weighted by molar-refractivity contribution is -0.262. The number of esters is 5. The Morgan fingerprint density at radius 3 is 1.92 bits per heavy atom. The van der Waals surface area contributed by atoms with Crippen LogP contribution in [0.3, 0.4) is 0 Å². The molecule has 4 aliphatic rings. The number of cyclic esters (lactones) is 2. The van der Waals surface area contributed by atoms with Gasteiger partial charge in [0.05, 0.1) is 5.41 Å². The van der Waals surface area contributed by atoms with Crippen molar-refractivity contribution in [2.24, 2.45) is 33.5 Å². The fraction of sp³-hybridized carbons (Fsp3) is 0.750. The summed E-state index contributed by atoms with van der Waals surface area (Å²) < 4.78 is 22.7. The molecule has 4 rings (SSSR count). The van der Waals surface area contributed by atoms with Crippen LogP contribution in [0.4, 0.5) is 0 Å². The lowest BCUT2D eigenvalue weighted by atomic mass is 9.36. The fourth-order valence-electron chi connectivity index (χ4n) is 8.52. The molecule has 0 radical (unpaired) electrons. The van der Waals surface area contributed by atoms with Gasteiger partial charge in [-0.2, -0.15) is 0 Å². The Balaban J connectivity index is 1.94. The average molecular weight is 519 g/mol. The van der Waals surface area contributed by atoms with Crippen LogP contribution in [0, 0.1) is 33.5 Å². The smallest absolute Gasteiger partial charge is 0.338 e. The molecule has 37 heavy (non-hydrogen) atoms. The van der Waals surface area contributed by atoms with E-state index in [1.54, 1.807) is 6.92 Å². The van der Waals surface area contributed by atoms with E-state index in [1.807, 2.05) is 20.8 Å². The molecule has 204 valence electrons. The van der Waals surface area contributed by atoms with E-state index in [9.17, 15) is 24.0 Å². The van der Waals surface area contributed by atoms with Gasteiger partial charge >= 0.3 is 29.8 Å². The zero-order chi connectivity index (χ0) is 27.7. The summed E-state index contributed by atoms with van der Waals surface area (Å²) in [5.74, 6) is -3.05. The Kier molecular flexibility index (Phi) is 6.40. The molecule has 0 spiro atoms. The van der Waals surface area contributed by atoms with Gasteiger partial charge in [-0.1, -0.05) is 27.7 Å². The third-order valence-electron chi connectivity index (χ3n) is 10.1. The van der Waals surface area contributed by atoms with Gasteiger partial charge in [0.15, 0.2) is 0 Å². The van der Waals surface area contributed by atoms with Gasteiger partial charge in [-0.15, -0.1) is 0 Å². The van der Waals surface area contributed by atoms with Gasteiger partial charge in [0.25, 0.3) is 0 Å². The van der Waals surface area contributed by atoms with E-state index in [0.29, 0.717) is 31.3 Å². The first-order chi connectivity index (χ1) is 17.0. The number of rotatable bonds is 3. The third kappa shape index (κ3) is 3.91. The predicted octanol–water partition coefficient (Wildman–Crippen LogP) is 3.67. The minimum atomic E-state index is -1.04. The van der Waals surface area contributed by atoms with Gasteiger partial charge in [0.1, 0.15) is 18.3 Å². The summed E-state index contributed by atoms with van der Waals surface area (Å²) in [5, 5.41) is 0. The number of carbonyl (C=O) groups excluding carboxylic acids is 5. The van der Waals surface area contributed by atoms with Gasteiger partial charge in [-0.3, -0.25) is 19.2 Å². The molecule has 0 amide bonds. The van der Waals surface area contributed by atoms with Crippen LogP contribution in [0.1, 0.15) is 81.1 Å². The zero-order valence-corrected chi connectivity index (χ0v) is 23.0. The Morgan fingerprint density at radius 2 is 1.35 bits per heavy atom. The van der Waals surface area contributed by atoms with E-state index in [-0.39, 0.29) is 11.8 Å². The molecular weight excluding hydrogens is 480 g/mol. The quantitative estimate of drug-likeness (QED) is 0.313. The Bertz CT molecular complexity index is 1090. The van der Waals surface area contributed by atoms with E-state index in [0.717, 1.165) is 0 Å². The fourth-order valence-corrected chi connectivity index (χ4v) is 8.52. The van der Waals surface area contributed by atoms with Gasteiger partial charge in [-0.05, 0) is 43.6 Å². The van der Waals surface area contributed by atoms with Crippen molar-refractivity contribution in [3.63, 3.8) is 0 Å². The van der Waals surface area contributed by atoms with Crippen molar-refractivity contribution in [2.75, 3.05) is 0 Å². The normalized spacial score (nSPS) is 42.2. The maximum Gasteiger partial charge on any atom is 0.338 e. The summed E-state index contributed by atoms with van der Waals surface area (Å²) in [6, 6.07) is 0. The summed E-state index contributed by atoms with van der Waals surface area (Å²) in [6.45, 7) is 14.0. The first-order valence-electron chi connectivity index (χ1n) is 13.0. The maximum absolute atomic E-state index is 13.0. The highest BCUT2D eigenvalue weighted by Crippen LogP contribution is 2.72. The topological polar surface area (TPSA) is 122 Å². The summed E-state index contributed by atoms with van der Waals surface area (Å²) in [6.07, 6.45) is 1.31. The Hall–Kier alpha value is -2.71. The van der Waals surface area contributed by atoms with Crippen molar-refractivity contribution in [2.45, 2.75) is 99.4 Å². The van der Waals surface area contributed by atoms with Crippen molar-refractivity contribution >= 4 is 29.8 Å². The average Bonchev–Trinajstić information content (AvgIpc) is 2.74. The highest BCUT2D eigenvalue weighted by Gasteiger charge is 2.72. The molecule has 0 N–H and O–H groups in total. The van der Waals surface area contributed by atoms with Crippen molar-refractivity contribution in [3.8, 4) is 0 Å². The molecule has 3 fully saturated rings. The molecule has 0 aromatic heterocycles. The van der Waals surface area contributed by atoms with E-state index in [1.165, 1.54) is 26.8 Å². The van der Waals surface area contributed by atoms with Crippen LogP contribution in [0.25, 0.3) is 0 Å². The van der Waals surface area contributed by atoms with Crippen molar-refractivity contribution < 1.29 is 42.9 Å². The predicted molar refractivity (Wildman–Crippen MR) is 129 cm³/mol. The number of hydrogen-bond donors (Lipinski definition) is 0. The molecule has 0 unspecified atom stereocenters. The SMILES string of the molecule is CC(=O)O[C@H]1C[C@@H](OC(C)=O)[C@@]2(C)[C@H](C[C@H](OC(C)=O)[C@@]3(C)C4=CC(=O)OC(=O)[C@@]4(C)CC[C@H]32)C1(C)C. The highest BCUT2D eigenvalue weighted by molar-refractivity contribution is 6.00. The molecule has 3 saturated carbocycles. The Labute approximate surface area is 217 Å². The molecule has 0 saturated heterocycles. The van der Waals surface area contributed by atoms with E-state index < -0.39 is 69.8 Å². The zero-order valence-electron chi connectivity index (χ0n) is 23.0. The van der Waals surface area contributed by atoms with Crippen LogP contribution >= 0.6 is 0 Å². The molecule has 9 heteroatoms. The number of carbonyl (C=O) groups is 5. The number of ether oxygens (including phenoxy) is 4. The lowest BCUT2D eigenvalue weighted by Crippen LogP contribution is -2.71. The first-order valence-corrected chi connectivity index (χ1v) is 13.0. The number of fused-ring (bicyclic) bond motifs is 5. The van der Waals surface area contributed by atoms with Crippen LogP contribution in [0.15, 0.2) is 11.6 Å². The molecule has 9 nitrogen and oxygen atoms in total. The van der Waals surface area contributed by atoms with Crippen LogP contribution in [0.2, 0.25) is 0 Å². The molecule has 0 aromatic carbocycles. The van der Waals surface area contributed by atoms with Gasteiger partial charge in [0, 0.05) is 49.5 Å². The molecule has 0 bridgehead atoms. The van der Waals surface area contributed by atoms with Crippen molar-refractivity contribution in [3.05, 3.63) is 11.6 Å².